The lowest BCUT2D eigenvalue weighted by atomic mass is 10.1. The van der Waals surface area contributed by atoms with Gasteiger partial charge in [-0.15, -0.1) is 0 Å². The minimum absolute atomic E-state index is 0.0417. The summed E-state index contributed by atoms with van der Waals surface area (Å²) in [7, 11) is -2.94. The van der Waals surface area contributed by atoms with Gasteiger partial charge in [0, 0.05) is 12.6 Å². The van der Waals surface area contributed by atoms with Gasteiger partial charge in [-0.1, -0.05) is 0 Å². The fourth-order valence-electron chi connectivity index (χ4n) is 2.23. The van der Waals surface area contributed by atoms with E-state index < -0.39 is 33.1 Å². The van der Waals surface area contributed by atoms with Crippen molar-refractivity contribution in [3.05, 3.63) is 17.9 Å². The quantitative estimate of drug-likeness (QED) is 0.813. The van der Waals surface area contributed by atoms with Gasteiger partial charge >= 0.3 is 11.9 Å². The molecule has 0 amide bonds. The summed E-state index contributed by atoms with van der Waals surface area (Å²) in [6.07, 6.45) is 2.44. The Morgan fingerprint density at radius 2 is 2.14 bits per heavy atom. The van der Waals surface area contributed by atoms with Crippen molar-refractivity contribution in [2.75, 3.05) is 13.7 Å². The number of carboxylic acid groups (broad SMARTS) is 1. The highest BCUT2D eigenvalue weighted by molar-refractivity contribution is 7.89. The van der Waals surface area contributed by atoms with Crippen molar-refractivity contribution >= 4 is 22.0 Å². The first-order valence-corrected chi connectivity index (χ1v) is 7.73. The van der Waals surface area contributed by atoms with Crippen LogP contribution in [0.1, 0.15) is 29.6 Å². The van der Waals surface area contributed by atoms with Crippen LogP contribution in [0.3, 0.4) is 0 Å². The van der Waals surface area contributed by atoms with Gasteiger partial charge in [-0.2, -0.15) is 4.31 Å². The lowest BCUT2D eigenvalue weighted by Gasteiger charge is -2.30. The fourth-order valence-corrected chi connectivity index (χ4v) is 3.81. The summed E-state index contributed by atoms with van der Waals surface area (Å²) in [5.41, 5.74) is -0.0417. The average molecular weight is 317 g/mol. The second-order valence-corrected chi connectivity index (χ2v) is 6.43. The molecule has 116 valence electrons. The first-order chi connectivity index (χ1) is 9.87. The summed E-state index contributed by atoms with van der Waals surface area (Å²) < 4.78 is 35.2. The molecule has 0 aromatic carbocycles. The maximum Gasteiger partial charge on any atom is 0.341 e. The summed E-state index contributed by atoms with van der Waals surface area (Å²) in [6, 6.07) is -0.0790. The molecule has 1 atom stereocenters. The van der Waals surface area contributed by atoms with E-state index in [2.05, 4.69) is 4.74 Å². The van der Waals surface area contributed by atoms with E-state index in [0.29, 0.717) is 12.8 Å². The predicted molar refractivity (Wildman–Crippen MR) is 69.2 cm³/mol. The Labute approximate surface area is 121 Å². The number of rotatable bonds is 4. The molecule has 1 aromatic rings. The molecule has 0 bridgehead atoms. The summed E-state index contributed by atoms with van der Waals surface area (Å²) in [5.74, 6) is -1.92. The van der Waals surface area contributed by atoms with E-state index in [9.17, 15) is 18.0 Å². The molecule has 0 saturated carbocycles. The summed E-state index contributed by atoms with van der Waals surface area (Å²) >= 11 is 0. The van der Waals surface area contributed by atoms with Crippen molar-refractivity contribution < 1.29 is 32.3 Å². The molecule has 2 heterocycles. The average Bonchev–Trinajstić information content (AvgIpc) is 2.97. The number of esters is 1. The van der Waals surface area contributed by atoms with E-state index in [1.807, 2.05) is 0 Å². The normalized spacial score (nSPS) is 20.1. The van der Waals surface area contributed by atoms with Crippen LogP contribution in [-0.4, -0.2) is 49.5 Å². The van der Waals surface area contributed by atoms with Crippen molar-refractivity contribution in [3.8, 4) is 0 Å². The maximum atomic E-state index is 12.4. The van der Waals surface area contributed by atoms with E-state index in [1.165, 1.54) is 0 Å². The molecule has 8 nitrogen and oxygen atoms in total. The van der Waals surface area contributed by atoms with Crippen LogP contribution in [0.25, 0.3) is 0 Å². The number of sulfonamides is 1. The number of furan rings is 1. The van der Waals surface area contributed by atoms with Gasteiger partial charge in [-0.25, -0.2) is 13.2 Å². The third-order valence-corrected chi connectivity index (χ3v) is 5.08. The maximum absolute atomic E-state index is 12.4. The first-order valence-electron chi connectivity index (χ1n) is 6.29. The Balaban J connectivity index is 2.34. The molecule has 1 N–H and O–H groups in total. The Bertz CT molecular complexity index is 648. The highest BCUT2D eigenvalue weighted by atomic mass is 32.2. The Morgan fingerprint density at radius 1 is 1.43 bits per heavy atom. The van der Waals surface area contributed by atoms with E-state index in [1.54, 1.807) is 0 Å². The zero-order chi connectivity index (χ0) is 15.6. The highest BCUT2D eigenvalue weighted by Gasteiger charge is 2.39. The number of hydrogen-bond donors (Lipinski definition) is 1. The van der Waals surface area contributed by atoms with Crippen molar-refractivity contribution in [1.82, 2.24) is 4.31 Å². The molecular formula is C12H15NO7S. The number of carbonyl (C=O) groups excluding carboxylic acids is 1. The van der Waals surface area contributed by atoms with Crippen LogP contribution >= 0.6 is 0 Å². The molecule has 0 radical (unpaired) electrons. The number of carboxylic acids is 1. The standard InChI is InChI=1S/C12H15NO7S/c1-19-12(16)8-6-10(20-7-8)21(17,18)13-5-3-2-4-9(13)11(14)15/h6-7,9H,2-5H2,1H3,(H,14,15). The number of methoxy groups -OCH3 is 1. The van der Waals surface area contributed by atoms with Gasteiger partial charge in [-0.3, -0.25) is 4.79 Å². The molecule has 21 heavy (non-hydrogen) atoms. The lowest BCUT2D eigenvalue weighted by molar-refractivity contribution is -0.142. The number of piperidine rings is 1. The van der Waals surface area contributed by atoms with E-state index in [0.717, 1.165) is 23.7 Å². The van der Waals surface area contributed by atoms with Crippen molar-refractivity contribution in [3.63, 3.8) is 0 Å². The second-order valence-electron chi connectivity index (χ2n) is 4.61. The van der Waals surface area contributed by atoms with Gasteiger partial charge < -0.3 is 14.3 Å². The number of nitrogens with zero attached hydrogens (tertiary/aromatic N) is 1. The van der Waals surface area contributed by atoms with E-state index in [4.69, 9.17) is 9.52 Å². The van der Waals surface area contributed by atoms with Crippen LogP contribution in [0.2, 0.25) is 0 Å². The number of hydrogen-bond acceptors (Lipinski definition) is 6. The molecule has 1 aliphatic rings. The van der Waals surface area contributed by atoms with Gasteiger partial charge in [0.2, 0.25) is 5.09 Å². The first kappa shape index (κ1) is 15.5. The van der Waals surface area contributed by atoms with Gasteiger partial charge in [-0.05, 0) is 19.3 Å². The van der Waals surface area contributed by atoms with Crippen LogP contribution in [-0.2, 0) is 19.6 Å². The summed E-state index contributed by atoms with van der Waals surface area (Å²) in [6.45, 7) is 0.105. The fraction of sp³-hybridized carbons (Fsp3) is 0.500. The molecule has 2 rings (SSSR count). The van der Waals surface area contributed by atoms with Crippen LogP contribution < -0.4 is 0 Å². The monoisotopic (exact) mass is 317 g/mol. The van der Waals surface area contributed by atoms with Crippen molar-refractivity contribution in [1.29, 1.82) is 0 Å². The zero-order valence-electron chi connectivity index (χ0n) is 11.3. The third kappa shape index (κ3) is 2.93. The molecular weight excluding hydrogens is 302 g/mol. The van der Waals surface area contributed by atoms with E-state index in [-0.39, 0.29) is 18.5 Å². The molecule has 1 unspecified atom stereocenters. The second kappa shape index (κ2) is 5.86. The minimum Gasteiger partial charge on any atom is -0.480 e. The van der Waals surface area contributed by atoms with Gasteiger partial charge in [0.05, 0.1) is 12.7 Å². The molecule has 1 fully saturated rings. The van der Waals surface area contributed by atoms with Gasteiger partial charge in [0.25, 0.3) is 10.0 Å². The molecule has 0 aliphatic carbocycles. The largest absolute Gasteiger partial charge is 0.480 e. The Kier molecular flexibility index (Phi) is 4.33. The molecule has 1 aliphatic heterocycles. The molecule has 0 spiro atoms. The minimum atomic E-state index is -4.10. The number of aliphatic carboxylic acids is 1. The number of ether oxygens (including phenoxy) is 1. The Hall–Kier alpha value is -1.87. The highest BCUT2D eigenvalue weighted by Crippen LogP contribution is 2.26. The Morgan fingerprint density at radius 3 is 2.76 bits per heavy atom. The van der Waals surface area contributed by atoms with Crippen molar-refractivity contribution in [2.24, 2.45) is 0 Å². The SMILES string of the molecule is COC(=O)c1coc(S(=O)(=O)N2CCCCC2C(=O)O)c1. The third-order valence-electron chi connectivity index (χ3n) is 3.30. The van der Waals surface area contributed by atoms with Gasteiger partial charge in [0.1, 0.15) is 12.3 Å². The smallest absolute Gasteiger partial charge is 0.341 e. The molecule has 1 saturated heterocycles. The molecule has 1 aromatic heterocycles. The van der Waals surface area contributed by atoms with Crippen LogP contribution in [0.15, 0.2) is 21.8 Å². The predicted octanol–water partition coefficient (Wildman–Crippen LogP) is 0.694. The summed E-state index contributed by atoms with van der Waals surface area (Å²) in [4.78, 5) is 22.5. The number of carbonyl (C=O) groups is 2. The molecule has 9 heteroatoms. The zero-order valence-corrected chi connectivity index (χ0v) is 12.1. The van der Waals surface area contributed by atoms with Gasteiger partial charge in [0.15, 0.2) is 0 Å². The van der Waals surface area contributed by atoms with E-state index >= 15 is 0 Å². The van der Waals surface area contributed by atoms with Crippen LogP contribution in [0.4, 0.5) is 0 Å². The summed E-state index contributed by atoms with van der Waals surface area (Å²) in [5, 5.41) is 8.68. The van der Waals surface area contributed by atoms with Crippen LogP contribution in [0, 0.1) is 0 Å². The van der Waals surface area contributed by atoms with Crippen LogP contribution in [0.5, 0.6) is 0 Å². The van der Waals surface area contributed by atoms with Crippen molar-refractivity contribution in [2.45, 2.75) is 30.4 Å². The lowest BCUT2D eigenvalue weighted by Crippen LogP contribution is -2.47. The topological polar surface area (TPSA) is 114 Å².